The minimum absolute atomic E-state index is 0.0190. The molecule has 0 bridgehead atoms. The molecule has 34 heavy (non-hydrogen) atoms. The van der Waals surface area contributed by atoms with Gasteiger partial charge in [0.15, 0.2) is 22.4 Å². The van der Waals surface area contributed by atoms with Gasteiger partial charge in [0.2, 0.25) is 5.78 Å². The highest BCUT2D eigenvalue weighted by Gasteiger charge is 2.47. The number of benzene rings is 2. The number of aliphatic hydroxyl groups excluding tert-OH is 1. The summed E-state index contributed by atoms with van der Waals surface area (Å²) >= 11 is 2.57. The molecular formula is C25H20N2O5S2. The third-order valence-corrected chi connectivity index (χ3v) is 7.55. The number of amides is 1. The molecule has 1 aliphatic rings. The number of aromatic nitrogens is 1. The van der Waals surface area contributed by atoms with Crippen LogP contribution in [0.1, 0.15) is 26.8 Å². The van der Waals surface area contributed by atoms with Gasteiger partial charge in [0, 0.05) is 5.56 Å². The fraction of sp³-hybridized carbons (Fsp3) is 0.160. The number of hydrogen-bond acceptors (Lipinski definition) is 8. The molecule has 172 valence electrons. The zero-order valence-corrected chi connectivity index (χ0v) is 20.2. The van der Waals surface area contributed by atoms with Crippen molar-refractivity contribution in [3.8, 4) is 11.5 Å². The number of carbonyl (C=O) groups excluding carboxylic acids is 2. The first-order chi connectivity index (χ1) is 16.4. The molecule has 1 unspecified atom stereocenters. The summed E-state index contributed by atoms with van der Waals surface area (Å²) < 4.78 is 12.0. The lowest BCUT2D eigenvalue weighted by molar-refractivity contribution is -0.117. The van der Waals surface area contributed by atoms with E-state index in [0.29, 0.717) is 27.1 Å². The number of fused-ring (bicyclic) bond motifs is 1. The number of para-hydroxylation sites is 1. The van der Waals surface area contributed by atoms with Crippen LogP contribution in [-0.2, 0) is 4.79 Å². The summed E-state index contributed by atoms with van der Waals surface area (Å²) in [5, 5.41) is 13.1. The van der Waals surface area contributed by atoms with E-state index in [-0.39, 0.29) is 5.57 Å². The Morgan fingerprint density at radius 1 is 1.12 bits per heavy atom. The Balaban J connectivity index is 1.74. The number of methoxy groups -OCH3 is 2. The smallest absolute Gasteiger partial charge is 0.296 e. The molecule has 9 heteroatoms. The number of thiophene rings is 1. The van der Waals surface area contributed by atoms with Crippen LogP contribution in [0.3, 0.4) is 0 Å². The molecule has 3 heterocycles. The fourth-order valence-corrected chi connectivity index (χ4v) is 5.89. The van der Waals surface area contributed by atoms with Crippen molar-refractivity contribution in [1.29, 1.82) is 0 Å². The lowest BCUT2D eigenvalue weighted by Gasteiger charge is -2.26. The van der Waals surface area contributed by atoms with Crippen LogP contribution in [0.5, 0.6) is 11.5 Å². The molecule has 0 saturated carbocycles. The van der Waals surface area contributed by atoms with Crippen LogP contribution < -0.4 is 14.4 Å². The Labute approximate surface area is 203 Å². The van der Waals surface area contributed by atoms with Gasteiger partial charge in [-0.2, -0.15) is 0 Å². The van der Waals surface area contributed by atoms with Gasteiger partial charge in [0.05, 0.1) is 34.9 Å². The Morgan fingerprint density at radius 3 is 2.65 bits per heavy atom. The van der Waals surface area contributed by atoms with Gasteiger partial charge in [-0.3, -0.25) is 14.5 Å². The summed E-state index contributed by atoms with van der Waals surface area (Å²) in [6.45, 7) is 1.98. The minimum atomic E-state index is -0.950. The van der Waals surface area contributed by atoms with E-state index >= 15 is 0 Å². The van der Waals surface area contributed by atoms with Gasteiger partial charge in [0.1, 0.15) is 6.04 Å². The molecule has 1 N–H and O–H groups in total. The summed E-state index contributed by atoms with van der Waals surface area (Å²) in [6.07, 6.45) is 0. The monoisotopic (exact) mass is 492 g/mol. The van der Waals surface area contributed by atoms with Crippen LogP contribution in [0.4, 0.5) is 5.13 Å². The maximum absolute atomic E-state index is 13.5. The van der Waals surface area contributed by atoms with Crippen LogP contribution >= 0.6 is 22.7 Å². The lowest BCUT2D eigenvalue weighted by atomic mass is 9.94. The van der Waals surface area contributed by atoms with Crippen LogP contribution in [0, 0.1) is 6.92 Å². The average Bonchev–Trinajstić information content (AvgIpc) is 3.57. The van der Waals surface area contributed by atoms with Gasteiger partial charge in [-0.1, -0.05) is 35.6 Å². The minimum Gasteiger partial charge on any atom is -0.503 e. The molecule has 0 fully saturated rings. The van der Waals surface area contributed by atoms with E-state index in [1.165, 1.54) is 41.8 Å². The third-order valence-electron chi connectivity index (χ3n) is 5.66. The molecular weight excluding hydrogens is 472 g/mol. The molecule has 4 aromatic rings. The molecule has 0 saturated heterocycles. The Bertz CT molecular complexity index is 1460. The molecule has 1 atom stereocenters. The van der Waals surface area contributed by atoms with Gasteiger partial charge in [-0.15, -0.1) is 11.3 Å². The number of thiazole rings is 1. The van der Waals surface area contributed by atoms with E-state index < -0.39 is 23.5 Å². The number of rotatable bonds is 6. The number of Topliss-reactive ketones (excluding diaryl/α,β-unsaturated/α-hetero) is 1. The third kappa shape index (κ3) is 3.44. The average molecular weight is 493 g/mol. The second kappa shape index (κ2) is 8.58. The molecule has 0 aliphatic carbocycles. The van der Waals surface area contributed by atoms with E-state index in [9.17, 15) is 14.7 Å². The van der Waals surface area contributed by atoms with Crippen molar-refractivity contribution < 1.29 is 24.2 Å². The molecule has 0 radical (unpaired) electrons. The highest BCUT2D eigenvalue weighted by Crippen LogP contribution is 2.48. The van der Waals surface area contributed by atoms with Crippen LogP contribution in [-0.4, -0.2) is 36.0 Å². The first-order valence-corrected chi connectivity index (χ1v) is 12.1. The second-order valence-corrected chi connectivity index (χ2v) is 9.65. The van der Waals surface area contributed by atoms with E-state index in [1.807, 2.05) is 25.1 Å². The quantitative estimate of drug-likeness (QED) is 0.359. The van der Waals surface area contributed by atoms with E-state index in [1.54, 1.807) is 35.7 Å². The molecule has 0 spiro atoms. The number of ether oxygens (including phenoxy) is 2. The van der Waals surface area contributed by atoms with Gasteiger partial charge in [0.25, 0.3) is 5.91 Å². The topological polar surface area (TPSA) is 89.0 Å². The highest BCUT2D eigenvalue weighted by atomic mass is 32.1. The van der Waals surface area contributed by atoms with Crippen molar-refractivity contribution >= 4 is 49.7 Å². The number of ketones is 1. The standard InChI is InChI=1S/C25H20N2O5S2/c1-13-9-10-15-18(12-13)34-25(26-15)27-20(14-6-4-7-16(31-2)23(14)32-3)19(22(29)24(27)30)21(28)17-8-5-11-33-17/h4-12,20,29H,1-3H3. The van der Waals surface area contributed by atoms with Gasteiger partial charge >= 0.3 is 0 Å². The molecule has 7 nitrogen and oxygen atoms in total. The zero-order valence-electron chi connectivity index (χ0n) is 18.6. The Hall–Kier alpha value is -3.69. The van der Waals surface area contributed by atoms with Gasteiger partial charge < -0.3 is 14.6 Å². The van der Waals surface area contributed by atoms with E-state index in [0.717, 1.165) is 15.8 Å². The first kappa shape index (κ1) is 22.1. The van der Waals surface area contributed by atoms with Crippen LogP contribution in [0.15, 0.2) is 65.2 Å². The zero-order chi connectivity index (χ0) is 24.0. The summed E-state index contributed by atoms with van der Waals surface area (Å²) in [5.41, 5.74) is 2.28. The summed E-state index contributed by atoms with van der Waals surface area (Å²) in [4.78, 5) is 33.4. The summed E-state index contributed by atoms with van der Waals surface area (Å²) in [6, 6.07) is 13.5. The maximum atomic E-state index is 13.5. The Kier molecular flexibility index (Phi) is 5.59. The number of aryl methyl sites for hydroxylation is 1. The Morgan fingerprint density at radius 2 is 1.94 bits per heavy atom. The molecule has 1 aliphatic heterocycles. The second-order valence-electron chi connectivity index (χ2n) is 7.70. The van der Waals surface area contributed by atoms with E-state index in [4.69, 9.17) is 9.47 Å². The molecule has 2 aromatic carbocycles. The van der Waals surface area contributed by atoms with Crippen LogP contribution in [0.2, 0.25) is 0 Å². The predicted molar refractivity (Wildman–Crippen MR) is 132 cm³/mol. The summed E-state index contributed by atoms with van der Waals surface area (Å²) in [5.74, 6) is -0.887. The number of nitrogens with zero attached hydrogens (tertiary/aromatic N) is 2. The maximum Gasteiger partial charge on any atom is 0.296 e. The van der Waals surface area contributed by atoms with E-state index in [2.05, 4.69) is 4.98 Å². The molecule has 1 amide bonds. The fourth-order valence-electron chi connectivity index (χ4n) is 4.12. The predicted octanol–water partition coefficient (Wildman–Crippen LogP) is 5.47. The first-order valence-electron chi connectivity index (χ1n) is 10.4. The van der Waals surface area contributed by atoms with Crippen molar-refractivity contribution in [2.75, 3.05) is 19.1 Å². The van der Waals surface area contributed by atoms with Crippen LogP contribution in [0.25, 0.3) is 10.2 Å². The highest BCUT2D eigenvalue weighted by molar-refractivity contribution is 7.22. The van der Waals surface area contributed by atoms with Crippen molar-refractivity contribution in [1.82, 2.24) is 4.98 Å². The number of anilines is 1. The van der Waals surface area contributed by atoms with Crippen molar-refractivity contribution in [2.45, 2.75) is 13.0 Å². The van der Waals surface area contributed by atoms with Crippen molar-refractivity contribution in [3.63, 3.8) is 0 Å². The van der Waals surface area contributed by atoms with Gasteiger partial charge in [-0.05, 0) is 42.1 Å². The van der Waals surface area contributed by atoms with Crippen molar-refractivity contribution in [2.24, 2.45) is 0 Å². The molecule has 5 rings (SSSR count). The molecule has 2 aromatic heterocycles. The van der Waals surface area contributed by atoms with Crippen molar-refractivity contribution in [3.05, 3.63) is 81.2 Å². The lowest BCUT2D eigenvalue weighted by Crippen LogP contribution is -2.31. The summed E-state index contributed by atoms with van der Waals surface area (Å²) in [7, 11) is 3.01. The normalized spacial score (nSPS) is 15.9. The number of carbonyl (C=O) groups is 2. The largest absolute Gasteiger partial charge is 0.503 e. The number of hydrogen-bond donors (Lipinski definition) is 1. The SMILES string of the molecule is COc1cccc(C2C(C(=O)c3cccs3)=C(O)C(=O)N2c2nc3ccc(C)cc3s2)c1OC. The van der Waals surface area contributed by atoms with Gasteiger partial charge in [-0.25, -0.2) is 4.98 Å². The number of aliphatic hydroxyl groups is 1.